The lowest BCUT2D eigenvalue weighted by molar-refractivity contribution is 0.281. The van der Waals surface area contributed by atoms with Gasteiger partial charge in [0.1, 0.15) is 11.6 Å². The third-order valence-electron chi connectivity index (χ3n) is 2.66. The van der Waals surface area contributed by atoms with Gasteiger partial charge in [-0.2, -0.15) is 8.42 Å². The lowest BCUT2D eigenvalue weighted by atomic mass is 10.3. The highest BCUT2D eigenvalue weighted by Crippen LogP contribution is 2.27. The summed E-state index contributed by atoms with van der Waals surface area (Å²) < 4.78 is 44.6. The molecule has 0 aliphatic heterocycles. The summed E-state index contributed by atoms with van der Waals surface area (Å²) in [6, 6.07) is 6.16. The van der Waals surface area contributed by atoms with Gasteiger partial charge in [0, 0.05) is 12.3 Å². The van der Waals surface area contributed by atoms with Crippen LogP contribution >= 0.6 is 0 Å². The molecule has 0 fully saturated rings. The Kier molecular flexibility index (Phi) is 4.39. The third-order valence-corrected chi connectivity index (χ3v) is 3.94. The number of aliphatic hydroxyl groups excluding tert-OH is 1. The van der Waals surface area contributed by atoms with E-state index in [-0.39, 0.29) is 23.1 Å². The lowest BCUT2D eigenvalue weighted by Crippen LogP contribution is -2.15. The smallest absolute Gasteiger partial charge is 0.279 e. The zero-order valence-electron chi connectivity index (χ0n) is 11.1. The van der Waals surface area contributed by atoms with Crippen LogP contribution in [0.3, 0.4) is 0 Å². The molecule has 0 saturated heterocycles. The molecule has 1 aromatic carbocycles. The molecule has 2 N–H and O–H groups in total. The van der Waals surface area contributed by atoms with Crippen LogP contribution < -0.4 is 9.46 Å². The standard InChI is InChI=1S/C13H13FN2O4S/c1-20-12-6-10(14)3-4-11(12)16-21(18,19)13-5-2-9(8-17)7-15-13/h2-7,16-17H,8H2,1H3. The van der Waals surface area contributed by atoms with E-state index < -0.39 is 15.8 Å². The van der Waals surface area contributed by atoms with Crippen molar-refractivity contribution < 1.29 is 22.7 Å². The fraction of sp³-hybridized carbons (Fsp3) is 0.154. The van der Waals surface area contributed by atoms with Crippen molar-refractivity contribution in [3.63, 3.8) is 0 Å². The first-order chi connectivity index (χ1) is 9.96. The van der Waals surface area contributed by atoms with Crippen molar-refractivity contribution in [2.24, 2.45) is 0 Å². The van der Waals surface area contributed by atoms with E-state index in [1.165, 1.54) is 31.5 Å². The van der Waals surface area contributed by atoms with Crippen LogP contribution in [0.25, 0.3) is 0 Å². The molecule has 0 radical (unpaired) electrons. The number of pyridine rings is 1. The van der Waals surface area contributed by atoms with Crippen molar-refractivity contribution >= 4 is 15.7 Å². The number of hydrogen-bond donors (Lipinski definition) is 2. The molecule has 0 spiro atoms. The van der Waals surface area contributed by atoms with Crippen LogP contribution in [-0.2, 0) is 16.6 Å². The topological polar surface area (TPSA) is 88.5 Å². The molecule has 0 bridgehead atoms. The SMILES string of the molecule is COc1cc(F)ccc1NS(=O)(=O)c1ccc(CO)cn1. The van der Waals surface area contributed by atoms with E-state index in [1.54, 1.807) is 0 Å². The van der Waals surface area contributed by atoms with Crippen molar-refractivity contribution in [2.45, 2.75) is 11.6 Å². The van der Waals surface area contributed by atoms with Gasteiger partial charge in [-0.15, -0.1) is 0 Å². The number of sulfonamides is 1. The van der Waals surface area contributed by atoms with Crippen molar-refractivity contribution in [3.8, 4) is 5.75 Å². The number of ether oxygens (including phenoxy) is 1. The molecule has 21 heavy (non-hydrogen) atoms. The molecule has 8 heteroatoms. The summed E-state index contributed by atoms with van der Waals surface area (Å²) in [6.07, 6.45) is 1.26. The van der Waals surface area contributed by atoms with Crippen LogP contribution in [0.2, 0.25) is 0 Å². The Balaban J connectivity index is 2.32. The van der Waals surface area contributed by atoms with E-state index in [2.05, 4.69) is 9.71 Å². The Hall–Kier alpha value is -2.19. The average Bonchev–Trinajstić information content (AvgIpc) is 2.49. The maximum absolute atomic E-state index is 13.1. The molecular formula is C13H13FN2O4S. The van der Waals surface area contributed by atoms with E-state index in [0.29, 0.717) is 5.56 Å². The molecule has 0 saturated carbocycles. The molecule has 0 unspecified atom stereocenters. The molecule has 0 aliphatic rings. The summed E-state index contributed by atoms with van der Waals surface area (Å²) in [7, 11) is -2.62. The van der Waals surface area contributed by atoms with Crippen LogP contribution in [0.5, 0.6) is 5.75 Å². The Morgan fingerprint density at radius 3 is 2.67 bits per heavy atom. The van der Waals surface area contributed by atoms with Gasteiger partial charge in [-0.1, -0.05) is 6.07 Å². The number of rotatable bonds is 5. The first-order valence-electron chi connectivity index (χ1n) is 5.88. The second-order valence-corrected chi connectivity index (χ2v) is 5.74. The van der Waals surface area contributed by atoms with Gasteiger partial charge in [-0.3, -0.25) is 4.72 Å². The summed E-state index contributed by atoms with van der Waals surface area (Å²) in [5.74, 6) is -0.481. The van der Waals surface area contributed by atoms with Crippen LogP contribution in [0.15, 0.2) is 41.6 Å². The third kappa shape index (κ3) is 3.47. The molecule has 0 amide bonds. The minimum Gasteiger partial charge on any atom is -0.494 e. The number of benzene rings is 1. The van der Waals surface area contributed by atoms with Crippen LogP contribution in [-0.4, -0.2) is 25.6 Å². The molecule has 1 aromatic heterocycles. The summed E-state index contributed by atoms with van der Waals surface area (Å²) >= 11 is 0. The van der Waals surface area contributed by atoms with Crippen LogP contribution in [0.4, 0.5) is 10.1 Å². The van der Waals surface area contributed by atoms with Gasteiger partial charge in [-0.05, 0) is 23.8 Å². The Morgan fingerprint density at radius 2 is 2.10 bits per heavy atom. The number of halogens is 1. The van der Waals surface area contributed by atoms with Gasteiger partial charge in [-0.25, -0.2) is 9.37 Å². The van der Waals surface area contributed by atoms with Gasteiger partial charge < -0.3 is 9.84 Å². The number of aliphatic hydroxyl groups is 1. The Bertz CT molecular complexity index is 732. The Morgan fingerprint density at radius 1 is 1.33 bits per heavy atom. The van der Waals surface area contributed by atoms with Gasteiger partial charge in [0.2, 0.25) is 0 Å². The highest BCUT2D eigenvalue weighted by Gasteiger charge is 2.18. The minimum absolute atomic E-state index is 0.0607. The number of nitrogens with zero attached hydrogens (tertiary/aromatic N) is 1. The molecular weight excluding hydrogens is 299 g/mol. The summed E-state index contributed by atoms with van der Waals surface area (Å²) in [4.78, 5) is 3.77. The Labute approximate surface area is 121 Å². The monoisotopic (exact) mass is 312 g/mol. The molecule has 112 valence electrons. The fourth-order valence-corrected chi connectivity index (χ4v) is 2.61. The number of hydrogen-bond acceptors (Lipinski definition) is 5. The molecule has 1 heterocycles. The van der Waals surface area contributed by atoms with Gasteiger partial charge in [0.05, 0.1) is 19.4 Å². The second kappa shape index (κ2) is 6.06. The second-order valence-electron chi connectivity index (χ2n) is 4.11. The van der Waals surface area contributed by atoms with Crippen molar-refractivity contribution in [3.05, 3.63) is 47.9 Å². The van der Waals surface area contributed by atoms with E-state index in [0.717, 1.165) is 12.1 Å². The fourth-order valence-electron chi connectivity index (χ4n) is 1.61. The van der Waals surface area contributed by atoms with E-state index in [1.807, 2.05) is 0 Å². The van der Waals surface area contributed by atoms with Crippen LogP contribution in [0, 0.1) is 5.82 Å². The molecule has 6 nitrogen and oxygen atoms in total. The zero-order valence-corrected chi connectivity index (χ0v) is 11.9. The maximum Gasteiger partial charge on any atom is 0.279 e. The van der Waals surface area contributed by atoms with Gasteiger partial charge >= 0.3 is 0 Å². The lowest BCUT2D eigenvalue weighted by Gasteiger charge is -2.11. The first kappa shape index (κ1) is 15.2. The summed E-state index contributed by atoms with van der Waals surface area (Å²) in [6.45, 7) is -0.230. The first-order valence-corrected chi connectivity index (χ1v) is 7.37. The van der Waals surface area contributed by atoms with Gasteiger partial charge in [0.25, 0.3) is 10.0 Å². The highest BCUT2D eigenvalue weighted by molar-refractivity contribution is 7.92. The number of anilines is 1. The molecule has 2 aromatic rings. The molecule has 2 rings (SSSR count). The van der Waals surface area contributed by atoms with Crippen molar-refractivity contribution in [1.82, 2.24) is 4.98 Å². The van der Waals surface area contributed by atoms with Crippen LogP contribution in [0.1, 0.15) is 5.56 Å². The van der Waals surface area contributed by atoms with Crippen molar-refractivity contribution in [1.29, 1.82) is 0 Å². The summed E-state index contributed by atoms with van der Waals surface area (Å²) in [5.41, 5.74) is 0.597. The number of nitrogens with one attached hydrogen (secondary N) is 1. The van der Waals surface area contributed by atoms with Crippen molar-refractivity contribution in [2.75, 3.05) is 11.8 Å². The summed E-state index contributed by atoms with van der Waals surface area (Å²) in [5, 5.41) is 8.69. The maximum atomic E-state index is 13.1. The highest BCUT2D eigenvalue weighted by atomic mass is 32.2. The largest absolute Gasteiger partial charge is 0.494 e. The van der Waals surface area contributed by atoms with E-state index in [4.69, 9.17) is 9.84 Å². The molecule has 0 atom stereocenters. The van der Waals surface area contributed by atoms with Gasteiger partial charge in [0.15, 0.2) is 5.03 Å². The predicted octanol–water partition coefficient (Wildman–Crippen LogP) is 1.52. The molecule has 0 aliphatic carbocycles. The predicted molar refractivity (Wildman–Crippen MR) is 73.9 cm³/mol. The number of methoxy groups -OCH3 is 1. The van der Waals surface area contributed by atoms with E-state index >= 15 is 0 Å². The average molecular weight is 312 g/mol. The minimum atomic E-state index is -3.93. The zero-order chi connectivity index (χ0) is 15.5. The quantitative estimate of drug-likeness (QED) is 0.874. The number of aromatic nitrogens is 1. The normalized spacial score (nSPS) is 11.2. The van der Waals surface area contributed by atoms with E-state index in [9.17, 15) is 12.8 Å².